The first-order valence-corrected chi connectivity index (χ1v) is 12.5. The molecule has 0 aliphatic carbocycles. The van der Waals surface area contributed by atoms with E-state index in [0.717, 1.165) is 18.7 Å². The fourth-order valence-corrected chi connectivity index (χ4v) is 6.51. The summed E-state index contributed by atoms with van der Waals surface area (Å²) in [6.07, 6.45) is 0. The van der Waals surface area contributed by atoms with Crippen LogP contribution in [0.2, 0.25) is 0 Å². The molecule has 0 spiro atoms. The predicted octanol–water partition coefficient (Wildman–Crippen LogP) is 7.44. The maximum Gasteiger partial charge on any atom is 0.490 e. The van der Waals surface area contributed by atoms with Crippen LogP contribution in [0.4, 0.5) is 0 Å². The van der Waals surface area contributed by atoms with Gasteiger partial charge < -0.3 is 13.6 Å². The third-order valence-electron chi connectivity index (χ3n) is 3.41. The molecule has 1 heterocycles. The van der Waals surface area contributed by atoms with Gasteiger partial charge in [-0.2, -0.15) is 0 Å². The van der Waals surface area contributed by atoms with E-state index in [2.05, 4.69) is 31.9 Å². The Morgan fingerprint density at radius 1 is 0.808 bits per heavy atom. The number of rotatable bonds is 2. The number of fused-ring (bicyclic) bond motifs is 2. The van der Waals surface area contributed by atoms with E-state index < -0.39 is 6.72 Å². The Labute approximate surface area is 177 Å². The quantitative estimate of drug-likeness (QED) is 0.322. The Kier molecular flexibility index (Phi) is 5.35. The molecule has 0 amide bonds. The van der Waals surface area contributed by atoms with E-state index in [1.807, 2.05) is 66.7 Å². The molecule has 0 bridgehead atoms. The Hall–Kier alpha value is -0.980. The average molecular weight is 530 g/mol. The van der Waals surface area contributed by atoms with Gasteiger partial charge in [-0.3, -0.25) is 0 Å². The van der Waals surface area contributed by atoms with Gasteiger partial charge in [0.25, 0.3) is 0 Å². The molecule has 1 aliphatic rings. The molecule has 3 aromatic carbocycles. The Morgan fingerprint density at radius 2 is 1.35 bits per heavy atom. The first kappa shape index (κ1) is 18.4. The lowest BCUT2D eigenvalue weighted by molar-refractivity contribution is 0.375. The smallest absolute Gasteiger partial charge is 0.407 e. The Bertz CT molecular complexity index is 957. The van der Waals surface area contributed by atoms with Crippen LogP contribution in [0.5, 0.6) is 17.2 Å². The molecule has 26 heavy (non-hydrogen) atoms. The zero-order valence-electron chi connectivity index (χ0n) is 13.1. The van der Waals surface area contributed by atoms with Crippen LogP contribution in [0, 0.1) is 0 Å². The lowest BCUT2D eigenvalue weighted by atomic mass is 10.3. The third-order valence-corrected chi connectivity index (χ3v) is 7.42. The topological polar surface area (TPSA) is 27.7 Å². The molecule has 3 nitrogen and oxygen atoms in total. The van der Waals surface area contributed by atoms with Gasteiger partial charge in [0.1, 0.15) is 17.2 Å². The molecule has 0 fully saturated rings. The van der Waals surface area contributed by atoms with E-state index in [9.17, 15) is 0 Å². The molecular formula is C18H11Br2O3PS2. The Morgan fingerprint density at radius 3 is 1.88 bits per heavy atom. The number of para-hydroxylation sites is 1. The van der Waals surface area contributed by atoms with Gasteiger partial charge >= 0.3 is 6.72 Å². The molecule has 1 aliphatic heterocycles. The van der Waals surface area contributed by atoms with Crippen molar-refractivity contribution in [1.29, 1.82) is 0 Å². The SMILES string of the molecule is S=P1(Oc2ccccc2)Oc2ccc(Br)cc2Sc2cc(Br)ccc2O1. The summed E-state index contributed by atoms with van der Waals surface area (Å²) in [5, 5.41) is 0. The third kappa shape index (κ3) is 4.12. The van der Waals surface area contributed by atoms with Gasteiger partial charge in [-0.05, 0) is 48.5 Å². The summed E-state index contributed by atoms with van der Waals surface area (Å²) in [7, 11) is 0. The zero-order valence-corrected chi connectivity index (χ0v) is 18.8. The highest BCUT2D eigenvalue weighted by Crippen LogP contribution is 2.56. The summed E-state index contributed by atoms with van der Waals surface area (Å²) in [6, 6.07) is 20.9. The first-order chi connectivity index (χ1) is 12.5. The summed E-state index contributed by atoms with van der Waals surface area (Å²) in [6.45, 7) is -3.11. The normalized spacial score (nSPS) is 14.7. The number of benzene rings is 3. The summed E-state index contributed by atoms with van der Waals surface area (Å²) in [5.41, 5.74) is 0. The molecule has 0 saturated heterocycles. The van der Waals surface area contributed by atoms with Crippen molar-refractivity contribution in [3.8, 4) is 17.2 Å². The van der Waals surface area contributed by atoms with Crippen molar-refractivity contribution in [2.75, 3.05) is 0 Å². The second kappa shape index (κ2) is 7.56. The van der Waals surface area contributed by atoms with Crippen LogP contribution in [-0.4, -0.2) is 0 Å². The second-order valence-electron chi connectivity index (χ2n) is 5.32. The minimum absolute atomic E-state index is 0.612. The molecule has 0 atom stereocenters. The van der Waals surface area contributed by atoms with E-state index >= 15 is 0 Å². The molecule has 0 unspecified atom stereocenters. The largest absolute Gasteiger partial charge is 0.490 e. The van der Waals surface area contributed by atoms with E-state index in [0.29, 0.717) is 17.2 Å². The van der Waals surface area contributed by atoms with Crippen molar-refractivity contribution in [3.05, 3.63) is 75.7 Å². The summed E-state index contributed by atoms with van der Waals surface area (Å²) in [4.78, 5) is 1.88. The van der Waals surface area contributed by atoms with Gasteiger partial charge in [-0.1, -0.05) is 61.8 Å². The molecular weight excluding hydrogens is 519 g/mol. The van der Waals surface area contributed by atoms with Crippen molar-refractivity contribution in [2.24, 2.45) is 0 Å². The van der Waals surface area contributed by atoms with Crippen LogP contribution in [0.25, 0.3) is 0 Å². The average Bonchev–Trinajstić information content (AvgIpc) is 2.59. The van der Waals surface area contributed by atoms with Gasteiger partial charge in [-0.25, -0.2) is 0 Å². The molecule has 132 valence electrons. The van der Waals surface area contributed by atoms with Crippen molar-refractivity contribution >= 4 is 62.1 Å². The molecule has 0 N–H and O–H groups in total. The fourth-order valence-electron chi connectivity index (χ4n) is 2.30. The zero-order chi connectivity index (χ0) is 18.1. The fraction of sp³-hybridized carbons (Fsp3) is 0. The van der Waals surface area contributed by atoms with E-state index in [1.54, 1.807) is 11.8 Å². The highest BCUT2D eigenvalue weighted by molar-refractivity contribution is 9.10. The van der Waals surface area contributed by atoms with Crippen LogP contribution < -0.4 is 13.6 Å². The van der Waals surface area contributed by atoms with Crippen LogP contribution in [0.15, 0.2) is 85.5 Å². The monoisotopic (exact) mass is 528 g/mol. The van der Waals surface area contributed by atoms with Crippen LogP contribution in [0.3, 0.4) is 0 Å². The summed E-state index contributed by atoms with van der Waals surface area (Å²) < 4.78 is 20.1. The minimum atomic E-state index is -3.11. The van der Waals surface area contributed by atoms with Gasteiger partial charge in [0.05, 0.1) is 9.79 Å². The molecule has 8 heteroatoms. The number of halogens is 2. The van der Waals surface area contributed by atoms with Gasteiger partial charge in [0.2, 0.25) is 0 Å². The van der Waals surface area contributed by atoms with Gasteiger partial charge in [0.15, 0.2) is 0 Å². The lowest BCUT2D eigenvalue weighted by Gasteiger charge is -2.27. The summed E-state index contributed by atoms with van der Waals surface area (Å²) in [5.74, 6) is 1.90. The predicted molar refractivity (Wildman–Crippen MR) is 115 cm³/mol. The van der Waals surface area contributed by atoms with Crippen LogP contribution >= 0.6 is 50.3 Å². The highest BCUT2D eigenvalue weighted by Gasteiger charge is 2.31. The maximum atomic E-state index is 6.10. The minimum Gasteiger partial charge on any atom is -0.407 e. The van der Waals surface area contributed by atoms with Crippen LogP contribution in [0.1, 0.15) is 0 Å². The molecule has 3 aromatic rings. The Balaban J connectivity index is 1.82. The standard InChI is InChI=1S/C18H11Br2O3PS2/c19-12-6-8-15-17(10-12)26-18-11-13(20)7-9-16(18)23-24(25,22-15)21-14-4-2-1-3-5-14/h1-11H. The molecule has 4 rings (SSSR count). The van der Waals surface area contributed by atoms with E-state index in [-0.39, 0.29) is 0 Å². The first-order valence-electron chi connectivity index (χ1n) is 7.52. The van der Waals surface area contributed by atoms with Crippen molar-refractivity contribution in [3.63, 3.8) is 0 Å². The van der Waals surface area contributed by atoms with Crippen molar-refractivity contribution in [1.82, 2.24) is 0 Å². The molecule has 0 radical (unpaired) electrons. The molecule has 0 saturated carbocycles. The van der Waals surface area contributed by atoms with Crippen molar-refractivity contribution < 1.29 is 13.6 Å². The van der Waals surface area contributed by atoms with E-state index in [4.69, 9.17) is 25.4 Å². The van der Waals surface area contributed by atoms with Gasteiger partial charge in [-0.15, -0.1) is 0 Å². The summed E-state index contributed by atoms with van der Waals surface area (Å²) >= 11 is 14.3. The molecule has 0 aromatic heterocycles. The van der Waals surface area contributed by atoms with Crippen LogP contribution in [-0.2, 0) is 11.8 Å². The second-order valence-corrected chi connectivity index (χ2v) is 11.0. The lowest BCUT2D eigenvalue weighted by Crippen LogP contribution is -2.09. The number of hydrogen-bond acceptors (Lipinski definition) is 5. The van der Waals surface area contributed by atoms with Crippen molar-refractivity contribution in [2.45, 2.75) is 9.79 Å². The highest BCUT2D eigenvalue weighted by atomic mass is 79.9. The van der Waals surface area contributed by atoms with Gasteiger partial charge in [0, 0.05) is 20.8 Å². The maximum absolute atomic E-state index is 6.10. The number of hydrogen-bond donors (Lipinski definition) is 0. The van der Waals surface area contributed by atoms with E-state index in [1.165, 1.54) is 0 Å².